The van der Waals surface area contributed by atoms with Gasteiger partial charge in [0.2, 0.25) is 5.95 Å². The number of hydrogen-bond acceptors (Lipinski definition) is 2. The monoisotopic (exact) mass is 788 g/mol. The van der Waals surface area contributed by atoms with Gasteiger partial charge in [-0.3, -0.25) is 4.57 Å². The van der Waals surface area contributed by atoms with Gasteiger partial charge in [0, 0.05) is 38.4 Å². The van der Waals surface area contributed by atoms with Crippen molar-refractivity contribution >= 4 is 75.9 Å². The van der Waals surface area contributed by atoms with Crippen molar-refractivity contribution < 1.29 is 0 Å². The molecule has 0 aliphatic heterocycles. The van der Waals surface area contributed by atoms with Gasteiger partial charge in [-0.15, -0.1) is 0 Å². The Balaban J connectivity index is 1.00. The van der Waals surface area contributed by atoms with Gasteiger partial charge in [-0.05, 0) is 92.0 Å². The van der Waals surface area contributed by atoms with Crippen LogP contribution in [0.2, 0.25) is 0 Å². The molecule has 13 aromatic rings. The molecule has 0 saturated heterocycles. The van der Waals surface area contributed by atoms with Gasteiger partial charge in [-0.2, -0.15) is 0 Å². The van der Waals surface area contributed by atoms with Gasteiger partial charge in [-0.1, -0.05) is 170 Å². The molecule has 0 N–H and O–H groups in total. The Morgan fingerprint density at radius 1 is 0.242 bits per heavy atom. The smallest absolute Gasteiger partial charge is 0.235 e. The molecule has 0 saturated carbocycles. The zero-order chi connectivity index (χ0) is 40.7. The third-order valence-electron chi connectivity index (χ3n) is 12.7. The highest BCUT2D eigenvalue weighted by Crippen LogP contribution is 2.41. The summed E-state index contributed by atoms with van der Waals surface area (Å²) in [4.78, 5) is 10.6. The molecule has 0 atom stereocenters. The Kier molecular flexibility index (Phi) is 7.57. The van der Waals surface area contributed by atoms with E-state index in [1.54, 1.807) is 0 Å². The van der Waals surface area contributed by atoms with Crippen LogP contribution in [-0.2, 0) is 0 Å². The molecule has 0 aliphatic carbocycles. The minimum Gasteiger partial charge on any atom is -0.309 e. The highest BCUT2D eigenvalue weighted by atomic mass is 15.2. The Morgan fingerprint density at radius 3 is 1.31 bits per heavy atom. The van der Waals surface area contributed by atoms with Crippen LogP contribution in [-0.4, -0.2) is 19.1 Å². The Labute approximate surface area is 357 Å². The average Bonchev–Trinajstić information content (AvgIpc) is 3.86. The predicted octanol–water partition coefficient (Wildman–Crippen LogP) is 15.1. The molecule has 0 spiro atoms. The summed E-state index contributed by atoms with van der Waals surface area (Å²) >= 11 is 0. The molecule has 4 heteroatoms. The first kappa shape index (κ1) is 34.5. The second-order valence-electron chi connectivity index (χ2n) is 16.2. The van der Waals surface area contributed by atoms with E-state index in [1.807, 2.05) is 12.1 Å². The van der Waals surface area contributed by atoms with E-state index in [4.69, 9.17) is 9.97 Å². The second-order valence-corrected chi connectivity index (χ2v) is 16.2. The number of benzene rings is 10. The van der Waals surface area contributed by atoms with Gasteiger partial charge in [0.15, 0.2) is 0 Å². The summed E-state index contributed by atoms with van der Waals surface area (Å²) < 4.78 is 4.67. The molecule has 4 nitrogen and oxygen atoms in total. The van der Waals surface area contributed by atoms with Crippen LogP contribution >= 0.6 is 0 Å². The normalized spacial score (nSPS) is 11.9. The first-order chi connectivity index (χ1) is 30.7. The number of nitrogens with zero attached hydrogens (tertiary/aromatic N) is 4. The molecule has 0 unspecified atom stereocenters. The molecule has 3 heterocycles. The van der Waals surface area contributed by atoms with Crippen LogP contribution in [0.25, 0.3) is 121 Å². The van der Waals surface area contributed by atoms with Gasteiger partial charge < -0.3 is 4.57 Å². The molecular formula is C58H36N4. The zero-order valence-corrected chi connectivity index (χ0v) is 33.6. The molecule has 10 aromatic carbocycles. The summed E-state index contributed by atoms with van der Waals surface area (Å²) in [6.45, 7) is 0. The van der Waals surface area contributed by atoms with Gasteiger partial charge in [0.1, 0.15) is 0 Å². The fraction of sp³-hybridized carbons (Fsp3) is 0. The van der Waals surface area contributed by atoms with Gasteiger partial charge in [0.25, 0.3) is 0 Å². The van der Waals surface area contributed by atoms with Gasteiger partial charge in [-0.25, -0.2) is 9.97 Å². The van der Waals surface area contributed by atoms with Crippen molar-refractivity contribution in [2.24, 2.45) is 0 Å². The summed E-state index contributed by atoms with van der Waals surface area (Å²) in [5, 5.41) is 12.4. The second kappa shape index (κ2) is 13.6. The number of para-hydroxylation sites is 2. The van der Waals surface area contributed by atoms with E-state index in [0.717, 1.165) is 55.7 Å². The highest BCUT2D eigenvalue weighted by molar-refractivity contribution is 6.25. The van der Waals surface area contributed by atoms with Crippen molar-refractivity contribution in [3.63, 3.8) is 0 Å². The van der Waals surface area contributed by atoms with Crippen molar-refractivity contribution in [1.82, 2.24) is 19.1 Å². The maximum absolute atomic E-state index is 5.28. The predicted molar refractivity (Wildman–Crippen MR) is 260 cm³/mol. The third-order valence-corrected chi connectivity index (χ3v) is 12.7. The Hall–Kier alpha value is -8.34. The first-order valence-electron chi connectivity index (χ1n) is 21.2. The van der Waals surface area contributed by atoms with Gasteiger partial charge >= 0.3 is 0 Å². The minimum atomic E-state index is 0.642. The summed E-state index contributed by atoms with van der Waals surface area (Å²) in [7, 11) is 0. The Bertz CT molecular complexity index is 3820. The molecule has 0 amide bonds. The minimum absolute atomic E-state index is 0.642. The molecule has 0 bridgehead atoms. The summed E-state index contributed by atoms with van der Waals surface area (Å²) in [6, 6.07) is 78.6. The summed E-state index contributed by atoms with van der Waals surface area (Å²) in [6.07, 6.45) is 0. The lowest BCUT2D eigenvalue weighted by molar-refractivity contribution is 0.996. The number of fused-ring (bicyclic) bond motifs is 12. The molecule has 0 aliphatic rings. The average molecular weight is 789 g/mol. The van der Waals surface area contributed by atoms with Crippen LogP contribution in [0.5, 0.6) is 0 Å². The lowest BCUT2D eigenvalue weighted by atomic mass is 9.94. The maximum Gasteiger partial charge on any atom is 0.235 e. The van der Waals surface area contributed by atoms with Crippen molar-refractivity contribution in [1.29, 1.82) is 0 Å². The van der Waals surface area contributed by atoms with E-state index in [1.165, 1.54) is 59.5 Å². The van der Waals surface area contributed by atoms with Crippen LogP contribution in [0.4, 0.5) is 0 Å². The van der Waals surface area contributed by atoms with E-state index < -0.39 is 0 Å². The van der Waals surface area contributed by atoms with Gasteiger partial charge in [0.05, 0.1) is 33.5 Å². The Morgan fingerprint density at radius 2 is 0.677 bits per heavy atom. The summed E-state index contributed by atoms with van der Waals surface area (Å²) in [5.74, 6) is 0.642. The van der Waals surface area contributed by atoms with Crippen molar-refractivity contribution in [3.8, 4) is 45.3 Å². The van der Waals surface area contributed by atoms with Crippen LogP contribution in [0.1, 0.15) is 0 Å². The molecule has 0 fully saturated rings. The lowest BCUT2D eigenvalue weighted by Crippen LogP contribution is -2.04. The van der Waals surface area contributed by atoms with Crippen molar-refractivity contribution in [2.75, 3.05) is 0 Å². The van der Waals surface area contributed by atoms with Crippen molar-refractivity contribution in [3.05, 3.63) is 218 Å². The highest BCUT2D eigenvalue weighted by Gasteiger charge is 2.19. The van der Waals surface area contributed by atoms with E-state index in [-0.39, 0.29) is 0 Å². The van der Waals surface area contributed by atoms with Crippen molar-refractivity contribution in [2.45, 2.75) is 0 Å². The quantitative estimate of drug-likeness (QED) is 0.163. The fourth-order valence-corrected chi connectivity index (χ4v) is 9.88. The fourth-order valence-electron chi connectivity index (χ4n) is 9.88. The summed E-state index contributed by atoms with van der Waals surface area (Å²) in [5.41, 5.74) is 11.8. The number of aromatic nitrogens is 4. The first-order valence-corrected chi connectivity index (χ1v) is 21.2. The molecule has 0 radical (unpaired) electrons. The molecule has 13 rings (SSSR count). The molecule has 288 valence electrons. The molecule has 62 heavy (non-hydrogen) atoms. The largest absolute Gasteiger partial charge is 0.309 e. The van der Waals surface area contributed by atoms with Crippen LogP contribution < -0.4 is 0 Å². The lowest BCUT2D eigenvalue weighted by Gasteiger charge is -2.14. The van der Waals surface area contributed by atoms with Crippen LogP contribution in [0, 0.1) is 0 Å². The van der Waals surface area contributed by atoms with Crippen LogP contribution in [0.3, 0.4) is 0 Å². The van der Waals surface area contributed by atoms with E-state index >= 15 is 0 Å². The standard InChI is InChI=1S/C58H36N4/c1-3-15-37(16-4-1)52-36-53(38-17-5-2-6-18-38)60-58(59-52)62-55-26-14-11-23-47(55)49-30-27-40(34-57(49)62)39-28-32-56-51(33-39)48-24-12-13-25-54(48)61(56)41-29-31-46-44-21-8-7-19-42(44)43-20-9-10-22-45(43)50(46)35-41/h1-36H. The SMILES string of the molecule is c1ccc(-c2cc(-c3ccccc3)nc(-n3c4ccccc4c4ccc(-c5ccc6c(c5)c5ccccc5n6-c5ccc6c7ccccc7c7ccccc7c6c5)cc43)n2)cc1. The third kappa shape index (κ3) is 5.27. The van der Waals surface area contributed by atoms with E-state index in [2.05, 4.69) is 215 Å². The topological polar surface area (TPSA) is 35.6 Å². The zero-order valence-electron chi connectivity index (χ0n) is 33.6. The van der Waals surface area contributed by atoms with Crippen LogP contribution in [0.15, 0.2) is 218 Å². The molecular weight excluding hydrogens is 753 g/mol. The van der Waals surface area contributed by atoms with E-state index in [9.17, 15) is 0 Å². The molecule has 3 aromatic heterocycles. The number of hydrogen-bond donors (Lipinski definition) is 0. The number of rotatable bonds is 5. The maximum atomic E-state index is 5.28. The van der Waals surface area contributed by atoms with E-state index in [0.29, 0.717) is 5.95 Å².